The number of ether oxygens (including phenoxy) is 1. The van der Waals surface area contributed by atoms with Gasteiger partial charge in [0.1, 0.15) is 6.61 Å². The first-order valence-electron chi connectivity index (χ1n) is 5.63. The van der Waals surface area contributed by atoms with Crippen LogP contribution in [0.4, 0.5) is 0 Å². The van der Waals surface area contributed by atoms with Crippen molar-refractivity contribution in [2.45, 2.75) is 19.3 Å². The summed E-state index contributed by atoms with van der Waals surface area (Å²) in [5.41, 5.74) is 0.551. The number of carbonyl (C=O) groups excluding carboxylic acids is 1. The molecule has 1 aliphatic rings. The standard InChI is InChI=1S/C13H15ClO2/c14-12-4-2-1-3-11(12)13(15)9-16-8-7-10-5-6-10/h1-4,10H,5-9H2. The van der Waals surface area contributed by atoms with Gasteiger partial charge >= 0.3 is 0 Å². The van der Waals surface area contributed by atoms with E-state index in [9.17, 15) is 4.79 Å². The van der Waals surface area contributed by atoms with Gasteiger partial charge in [0, 0.05) is 12.2 Å². The van der Waals surface area contributed by atoms with Crippen molar-refractivity contribution in [2.75, 3.05) is 13.2 Å². The molecule has 0 aliphatic heterocycles. The maximum absolute atomic E-state index is 11.7. The van der Waals surface area contributed by atoms with E-state index < -0.39 is 0 Å². The van der Waals surface area contributed by atoms with Gasteiger partial charge in [-0.15, -0.1) is 0 Å². The summed E-state index contributed by atoms with van der Waals surface area (Å²) >= 11 is 5.92. The summed E-state index contributed by atoms with van der Waals surface area (Å²) < 4.78 is 5.35. The van der Waals surface area contributed by atoms with E-state index in [2.05, 4.69) is 0 Å². The third-order valence-electron chi connectivity index (χ3n) is 2.77. The van der Waals surface area contributed by atoms with Crippen LogP contribution in [0.25, 0.3) is 0 Å². The molecule has 1 saturated carbocycles. The second kappa shape index (κ2) is 5.46. The molecular weight excluding hydrogens is 224 g/mol. The summed E-state index contributed by atoms with van der Waals surface area (Å²) in [5.74, 6) is 0.803. The van der Waals surface area contributed by atoms with Crippen LogP contribution in [0.3, 0.4) is 0 Å². The average molecular weight is 239 g/mol. The Labute approximate surface area is 101 Å². The molecule has 0 bridgehead atoms. The lowest BCUT2D eigenvalue weighted by Gasteiger charge is -2.04. The summed E-state index contributed by atoms with van der Waals surface area (Å²) in [6.45, 7) is 0.817. The van der Waals surface area contributed by atoms with Crippen molar-refractivity contribution in [3.05, 3.63) is 34.9 Å². The van der Waals surface area contributed by atoms with Crippen LogP contribution < -0.4 is 0 Å². The Hall–Kier alpha value is -0.860. The minimum Gasteiger partial charge on any atom is -0.373 e. The number of carbonyl (C=O) groups is 1. The number of benzene rings is 1. The first-order chi connectivity index (χ1) is 7.77. The first-order valence-corrected chi connectivity index (χ1v) is 6.00. The van der Waals surface area contributed by atoms with Crippen LogP contribution in [0.2, 0.25) is 5.02 Å². The Morgan fingerprint density at radius 2 is 2.12 bits per heavy atom. The fourth-order valence-corrected chi connectivity index (χ4v) is 1.83. The van der Waals surface area contributed by atoms with Gasteiger partial charge in [0.2, 0.25) is 0 Å². The third kappa shape index (κ3) is 3.32. The Balaban J connectivity index is 1.76. The van der Waals surface area contributed by atoms with E-state index in [0.29, 0.717) is 17.2 Å². The average Bonchev–Trinajstić information content (AvgIpc) is 3.08. The van der Waals surface area contributed by atoms with Gasteiger partial charge in [-0.2, -0.15) is 0 Å². The molecule has 2 rings (SSSR count). The van der Waals surface area contributed by atoms with Crippen molar-refractivity contribution in [3.63, 3.8) is 0 Å². The number of hydrogen-bond acceptors (Lipinski definition) is 2. The molecule has 86 valence electrons. The van der Waals surface area contributed by atoms with Crippen molar-refractivity contribution < 1.29 is 9.53 Å². The SMILES string of the molecule is O=C(COCCC1CC1)c1ccccc1Cl. The molecule has 3 heteroatoms. The van der Waals surface area contributed by atoms with Crippen LogP contribution >= 0.6 is 11.6 Å². The van der Waals surface area contributed by atoms with E-state index in [1.165, 1.54) is 12.8 Å². The van der Waals surface area contributed by atoms with Crippen LogP contribution in [0.5, 0.6) is 0 Å². The topological polar surface area (TPSA) is 26.3 Å². The van der Waals surface area contributed by atoms with Crippen LogP contribution in [-0.2, 0) is 4.74 Å². The lowest BCUT2D eigenvalue weighted by molar-refractivity contribution is 0.0749. The first kappa shape index (κ1) is 11.6. The third-order valence-corrected chi connectivity index (χ3v) is 3.10. The van der Waals surface area contributed by atoms with Gasteiger partial charge in [-0.25, -0.2) is 0 Å². The molecule has 1 aliphatic carbocycles. The quantitative estimate of drug-likeness (QED) is 0.561. The number of rotatable bonds is 6. The van der Waals surface area contributed by atoms with Gasteiger partial charge in [-0.3, -0.25) is 4.79 Å². The number of halogens is 1. The molecule has 0 N–H and O–H groups in total. The van der Waals surface area contributed by atoms with Crippen molar-refractivity contribution in [1.29, 1.82) is 0 Å². The summed E-state index contributed by atoms with van der Waals surface area (Å²) in [6, 6.07) is 7.07. The molecule has 0 unspecified atom stereocenters. The molecule has 16 heavy (non-hydrogen) atoms. The van der Waals surface area contributed by atoms with Crippen molar-refractivity contribution in [2.24, 2.45) is 5.92 Å². The van der Waals surface area contributed by atoms with Crippen LogP contribution in [0, 0.1) is 5.92 Å². The monoisotopic (exact) mass is 238 g/mol. The van der Waals surface area contributed by atoms with E-state index in [1.807, 2.05) is 12.1 Å². The Morgan fingerprint density at radius 1 is 1.38 bits per heavy atom. The number of ketones is 1. The highest BCUT2D eigenvalue weighted by Gasteiger charge is 2.20. The predicted molar refractivity (Wildman–Crippen MR) is 63.9 cm³/mol. The Bertz CT molecular complexity index is 372. The Morgan fingerprint density at radius 3 is 2.81 bits per heavy atom. The maximum Gasteiger partial charge on any atom is 0.189 e. The molecule has 0 heterocycles. The number of hydrogen-bond donors (Lipinski definition) is 0. The predicted octanol–water partition coefficient (Wildman–Crippen LogP) is 3.34. The van der Waals surface area contributed by atoms with Gasteiger partial charge in [0.15, 0.2) is 5.78 Å². The molecule has 1 aromatic carbocycles. The second-order valence-electron chi connectivity index (χ2n) is 4.19. The highest BCUT2D eigenvalue weighted by atomic mass is 35.5. The summed E-state index contributed by atoms with van der Waals surface area (Å²) in [7, 11) is 0. The lowest BCUT2D eigenvalue weighted by Crippen LogP contribution is -2.10. The van der Waals surface area contributed by atoms with E-state index in [0.717, 1.165) is 12.3 Å². The number of Topliss-reactive ketones (excluding diaryl/α,β-unsaturated/α-hetero) is 1. The fraction of sp³-hybridized carbons (Fsp3) is 0.462. The highest BCUT2D eigenvalue weighted by molar-refractivity contribution is 6.34. The zero-order valence-corrected chi connectivity index (χ0v) is 9.87. The molecule has 0 amide bonds. The van der Waals surface area contributed by atoms with E-state index in [1.54, 1.807) is 12.1 Å². The van der Waals surface area contributed by atoms with E-state index in [4.69, 9.17) is 16.3 Å². The largest absolute Gasteiger partial charge is 0.373 e. The lowest BCUT2D eigenvalue weighted by atomic mass is 10.1. The molecule has 2 nitrogen and oxygen atoms in total. The van der Waals surface area contributed by atoms with Gasteiger partial charge in [0.25, 0.3) is 0 Å². The molecule has 0 spiro atoms. The van der Waals surface area contributed by atoms with Crippen molar-refractivity contribution in [3.8, 4) is 0 Å². The van der Waals surface area contributed by atoms with Crippen molar-refractivity contribution >= 4 is 17.4 Å². The summed E-state index contributed by atoms with van der Waals surface area (Å²) in [4.78, 5) is 11.7. The smallest absolute Gasteiger partial charge is 0.189 e. The fourth-order valence-electron chi connectivity index (χ4n) is 1.59. The summed E-state index contributed by atoms with van der Waals surface area (Å²) in [5, 5.41) is 0.498. The Kier molecular flexibility index (Phi) is 3.97. The molecule has 0 saturated heterocycles. The molecular formula is C13H15ClO2. The zero-order chi connectivity index (χ0) is 11.4. The normalized spacial score (nSPS) is 15.1. The minimum atomic E-state index is -0.0404. The summed E-state index contributed by atoms with van der Waals surface area (Å²) in [6.07, 6.45) is 3.72. The van der Waals surface area contributed by atoms with Gasteiger partial charge in [-0.05, 0) is 24.5 Å². The van der Waals surface area contributed by atoms with Crippen molar-refractivity contribution in [1.82, 2.24) is 0 Å². The maximum atomic E-state index is 11.7. The van der Waals surface area contributed by atoms with Crippen LogP contribution in [0.1, 0.15) is 29.6 Å². The zero-order valence-electron chi connectivity index (χ0n) is 9.12. The molecule has 1 fully saturated rings. The van der Waals surface area contributed by atoms with Gasteiger partial charge in [-0.1, -0.05) is 36.6 Å². The molecule has 0 radical (unpaired) electrons. The van der Waals surface area contributed by atoms with Crippen LogP contribution in [-0.4, -0.2) is 19.0 Å². The molecule has 0 aromatic heterocycles. The second-order valence-corrected chi connectivity index (χ2v) is 4.59. The van der Waals surface area contributed by atoms with Crippen LogP contribution in [0.15, 0.2) is 24.3 Å². The van der Waals surface area contributed by atoms with E-state index >= 15 is 0 Å². The highest BCUT2D eigenvalue weighted by Crippen LogP contribution is 2.32. The van der Waals surface area contributed by atoms with Gasteiger partial charge < -0.3 is 4.74 Å². The van der Waals surface area contributed by atoms with Gasteiger partial charge in [0.05, 0.1) is 5.02 Å². The molecule has 1 aromatic rings. The minimum absolute atomic E-state index is 0.0404. The molecule has 0 atom stereocenters. The van der Waals surface area contributed by atoms with E-state index in [-0.39, 0.29) is 12.4 Å².